The van der Waals surface area contributed by atoms with Crippen molar-refractivity contribution in [1.29, 1.82) is 0 Å². The second-order valence-electron chi connectivity index (χ2n) is 7.05. The fourth-order valence-corrected chi connectivity index (χ4v) is 18.6. The number of rotatable bonds is 2. The first-order valence-electron chi connectivity index (χ1n) is 6.83. The monoisotopic (exact) mass is 403 g/mol. The zero-order valence-corrected chi connectivity index (χ0v) is 18.4. The summed E-state index contributed by atoms with van der Waals surface area (Å²) in [5.74, 6) is 0. The zero-order valence-electron chi connectivity index (χ0n) is 12.3. The Bertz CT molecular complexity index is 594. The van der Waals surface area contributed by atoms with Gasteiger partial charge in [-0.05, 0) is 0 Å². The van der Waals surface area contributed by atoms with Gasteiger partial charge in [-0.1, -0.05) is 0 Å². The van der Waals surface area contributed by atoms with Crippen molar-refractivity contribution in [2.75, 3.05) is 0 Å². The molecule has 0 bridgehead atoms. The van der Waals surface area contributed by atoms with Gasteiger partial charge < -0.3 is 0 Å². The molecule has 109 valence electrons. The molecule has 0 aliphatic heterocycles. The summed E-state index contributed by atoms with van der Waals surface area (Å²) in [6.45, 7) is 0. The van der Waals surface area contributed by atoms with Crippen molar-refractivity contribution in [2.24, 2.45) is 0 Å². The van der Waals surface area contributed by atoms with E-state index in [1.165, 1.54) is 19.4 Å². The first-order valence-corrected chi connectivity index (χ1v) is 22.8. The predicted octanol–water partition coefficient (Wildman–Crippen LogP) is 4.51. The van der Waals surface area contributed by atoms with Crippen LogP contribution in [0, 0.1) is 0 Å². The van der Waals surface area contributed by atoms with Gasteiger partial charge in [-0.25, -0.2) is 0 Å². The molecule has 0 fully saturated rings. The van der Waals surface area contributed by atoms with Crippen LogP contribution < -0.4 is 0 Å². The van der Waals surface area contributed by atoms with Crippen molar-refractivity contribution >= 4 is 38.3 Å². The van der Waals surface area contributed by atoms with Gasteiger partial charge in [0.05, 0.1) is 0 Å². The Morgan fingerprint density at radius 2 is 1.85 bits per heavy atom. The van der Waals surface area contributed by atoms with Crippen molar-refractivity contribution in [3.63, 3.8) is 0 Å². The SMILES string of the molecule is Cl.Cl.[CH3][Zr]([CH3])([SiH3])([C]1=CC=CC1)[CH]1C=Cc2ccccc21. The summed E-state index contributed by atoms with van der Waals surface area (Å²) in [5, 5.41) is 0. The number of allylic oxidation sites excluding steroid dienone is 5. The third-order valence-corrected chi connectivity index (χ3v) is 25.4. The summed E-state index contributed by atoms with van der Waals surface area (Å²) in [6.07, 6.45) is 13.1. The molecule has 0 spiro atoms. The summed E-state index contributed by atoms with van der Waals surface area (Å²) in [6, 6.07) is 8.97. The minimum absolute atomic E-state index is 0. The Kier molecular flexibility index (Phi) is 5.53. The van der Waals surface area contributed by atoms with Crippen molar-refractivity contribution in [2.45, 2.75) is 19.3 Å². The molecule has 0 saturated heterocycles. The zero-order chi connectivity index (χ0) is 12.8. The average molecular weight is 406 g/mol. The molecular formula is C16H23Cl2SiZr. The molecule has 0 aromatic heterocycles. The maximum atomic E-state index is 2.66. The van der Waals surface area contributed by atoms with E-state index in [-0.39, 0.29) is 24.8 Å². The number of fused-ring (bicyclic) bond motifs is 1. The molecule has 3 rings (SSSR count). The first kappa shape index (κ1) is 18.2. The Morgan fingerprint density at radius 3 is 2.50 bits per heavy atom. The van der Waals surface area contributed by atoms with E-state index >= 15 is 0 Å². The van der Waals surface area contributed by atoms with E-state index in [1.807, 2.05) is 0 Å². The van der Waals surface area contributed by atoms with Crippen LogP contribution >= 0.6 is 24.8 Å². The van der Waals surface area contributed by atoms with Gasteiger partial charge in [0.2, 0.25) is 0 Å². The molecule has 1 aromatic rings. The van der Waals surface area contributed by atoms with Gasteiger partial charge in [-0.3, -0.25) is 0 Å². The Balaban J connectivity index is 0.000001000. The molecule has 0 N–H and O–H groups in total. The van der Waals surface area contributed by atoms with E-state index in [4.69, 9.17) is 0 Å². The van der Waals surface area contributed by atoms with Crippen LogP contribution in [0.4, 0.5) is 0 Å². The average Bonchev–Trinajstić information content (AvgIpc) is 2.99. The first-order chi connectivity index (χ1) is 8.47. The quantitative estimate of drug-likeness (QED) is 0.635. The molecule has 1 aromatic carbocycles. The van der Waals surface area contributed by atoms with E-state index in [9.17, 15) is 0 Å². The fourth-order valence-electron chi connectivity index (χ4n) is 3.44. The Hall–Kier alpha value is 0.120. The third-order valence-electron chi connectivity index (χ3n) is 4.81. The molecule has 2 aliphatic rings. The standard InChI is InChI=1S/C9H7.C5H5.2CH3.2ClH.H3Si.Zr/c1-2-5-9-7-3-6-8(9)4-1;1-2-4-5-3-1;;;;;;/h1-7H;1-3H,4H2;2*1H3;2*1H;1H3;. The molecule has 0 radical (unpaired) electrons. The van der Waals surface area contributed by atoms with Crippen LogP contribution in [0.25, 0.3) is 6.08 Å². The van der Waals surface area contributed by atoms with E-state index < -0.39 is 17.9 Å². The van der Waals surface area contributed by atoms with Crippen LogP contribution in [0.3, 0.4) is 0 Å². The summed E-state index contributed by atoms with van der Waals surface area (Å²) >= 11 is -2.71. The van der Waals surface area contributed by atoms with Crippen LogP contribution in [-0.4, -0.2) is 7.37 Å². The van der Waals surface area contributed by atoms with Crippen molar-refractivity contribution in [3.8, 4) is 0 Å². The van der Waals surface area contributed by atoms with Gasteiger partial charge >= 0.3 is 114 Å². The molecule has 0 amide bonds. The molecule has 20 heavy (non-hydrogen) atoms. The van der Waals surface area contributed by atoms with Crippen LogP contribution in [0.2, 0.25) is 9.26 Å². The van der Waals surface area contributed by atoms with E-state index in [0.29, 0.717) is 0 Å². The van der Waals surface area contributed by atoms with Gasteiger partial charge in [-0.2, -0.15) is 0 Å². The number of hydrogen-bond acceptors (Lipinski definition) is 0. The van der Waals surface area contributed by atoms with E-state index in [1.54, 1.807) is 8.84 Å². The number of halogens is 2. The normalized spacial score (nSPS) is 21.4. The minimum atomic E-state index is -2.71. The summed E-state index contributed by atoms with van der Waals surface area (Å²) < 4.78 is 7.85. The Labute approximate surface area is 137 Å². The number of benzene rings is 1. The molecule has 1 atom stereocenters. The molecule has 1 unspecified atom stereocenters. The Morgan fingerprint density at radius 1 is 1.15 bits per heavy atom. The van der Waals surface area contributed by atoms with Crippen LogP contribution in [0.15, 0.2) is 51.9 Å². The second-order valence-corrected chi connectivity index (χ2v) is 44.4. The predicted molar refractivity (Wildman–Crippen MR) is 96.2 cm³/mol. The maximum absolute atomic E-state index is 2.71. The third kappa shape index (κ3) is 2.86. The summed E-state index contributed by atoms with van der Waals surface area (Å²) in [5.41, 5.74) is 3.05. The summed E-state index contributed by atoms with van der Waals surface area (Å²) in [7, 11) is 1.36. The second kappa shape index (κ2) is 6.08. The molecular weight excluding hydrogens is 382 g/mol. The fraction of sp³-hybridized carbons (Fsp3) is 0.250. The van der Waals surface area contributed by atoms with Crippen LogP contribution in [-0.2, 0) is 17.9 Å². The topological polar surface area (TPSA) is 0 Å². The molecule has 0 heterocycles. The van der Waals surface area contributed by atoms with E-state index in [0.717, 1.165) is 3.63 Å². The van der Waals surface area contributed by atoms with Gasteiger partial charge in [0.25, 0.3) is 0 Å². The van der Waals surface area contributed by atoms with Crippen LogP contribution in [0.1, 0.15) is 21.2 Å². The van der Waals surface area contributed by atoms with E-state index in [2.05, 4.69) is 63.9 Å². The molecule has 4 heteroatoms. The molecule has 0 nitrogen and oxygen atoms in total. The van der Waals surface area contributed by atoms with Gasteiger partial charge in [-0.15, -0.1) is 24.8 Å². The van der Waals surface area contributed by atoms with Crippen molar-refractivity contribution in [3.05, 3.63) is 63.0 Å². The molecule has 0 saturated carbocycles. The molecule has 2 aliphatic carbocycles. The van der Waals surface area contributed by atoms with Crippen molar-refractivity contribution in [1.82, 2.24) is 0 Å². The summed E-state index contributed by atoms with van der Waals surface area (Å²) in [4.78, 5) is 0. The van der Waals surface area contributed by atoms with Gasteiger partial charge in [0.1, 0.15) is 0 Å². The van der Waals surface area contributed by atoms with Gasteiger partial charge in [0.15, 0.2) is 0 Å². The number of hydrogen-bond donors (Lipinski definition) is 0. The van der Waals surface area contributed by atoms with Crippen molar-refractivity contribution < 1.29 is 17.9 Å². The van der Waals surface area contributed by atoms with Crippen LogP contribution in [0.5, 0.6) is 0 Å². The van der Waals surface area contributed by atoms with Gasteiger partial charge in [0, 0.05) is 0 Å².